The van der Waals surface area contributed by atoms with Crippen molar-refractivity contribution in [1.82, 2.24) is 4.90 Å². The average molecular weight is 128 g/mol. The highest BCUT2D eigenvalue weighted by molar-refractivity contribution is 5.56. The van der Waals surface area contributed by atoms with E-state index in [4.69, 9.17) is 5.11 Å². The van der Waals surface area contributed by atoms with Gasteiger partial charge < -0.3 is 10.0 Å². The van der Waals surface area contributed by atoms with Crippen LogP contribution in [0.25, 0.3) is 0 Å². The van der Waals surface area contributed by atoms with Gasteiger partial charge in [0, 0.05) is 13.1 Å². The van der Waals surface area contributed by atoms with E-state index in [1.807, 2.05) is 4.90 Å². The molecule has 0 saturated heterocycles. The highest BCUT2D eigenvalue weighted by atomic mass is 16.3. The molecule has 1 aliphatic rings. The summed E-state index contributed by atoms with van der Waals surface area (Å²) in [6, 6.07) is 0. The van der Waals surface area contributed by atoms with Crippen molar-refractivity contribution >= 4 is 6.34 Å². The van der Waals surface area contributed by atoms with Crippen LogP contribution in [0.3, 0.4) is 0 Å². The number of aliphatic imine (C=N–C) groups is 1. The summed E-state index contributed by atoms with van der Waals surface area (Å²) in [4.78, 5) is 6.03. The fourth-order valence-electron chi connectivity index (χ4n) is 0.895. The van der Waals surface area contributed by atoms with Crippen LogP contribution in [0.4, 0.5) is 0 Å². The summed E-state index contributed by atoms with van der Waals surface area (Å²) in [5.41, 5.74) is 0. The molecule has 0 radical (unpaired) electrons. The third-order valence-electron chi connectivity index (χ3n) is 1.26. The van der Waals surface area contributed by atoms with E-state index >= 15 is 0 Å². The Balaban J connectivity index is 2.20. The molecule has 0 aromatic heterocycles. The Morgan fingerprint density at radius 1 is 1.89 bits per heavy atom. The van der Waals surface area contributed by atoms with Crippen molar-refractivity contribution in [1.29, 1.82) is 0 Å². The van der Waals surface area contributed by atoms with Crippen LogP contribution < -0.4 is 0 Å². The minimum Gasteiger partial charge on any atom is -0.392 e. The normalized spacial score (nSPS) is 20.9. The minimum absolute atomic E-state index is 0.241. The van der Waals surface area contributed by atoms with Crippen LogP contribution >= 0.6 is 0 Å². The van der Waals surface area contributed by atoms with Gasteiger partial charge in [-0.25, -0.2) is 0 Å². The Kier molecular flexibility index (Phi) is 2.05. The van der Waals surface area contributed by atoms with Crippen molar-refractivity contribution in [3.63, 3.8) is 0 Å². The van der Waals surface area contributed by atoms with Crippen LogP contribution in [0.5, 0.6) is 0 Å². The molecule has 0 aliphatic carbocycles. The molecule has 1 rings (SSSR count). The molecule has 1 heterocycles. The zero-order valence-electron chi connectivity index (χ0n) is 5.62. The Morgan fingerprint density at radius 2 is 2.67 bits per heavy atom. The monoisotopic (exact) mass is 128 g/mol. The number of hydrogen-bond donors (Lipinski definition) is 1. The number of aliphatic hydroxyl groups excluding tert-OH is 1. The van der Waals surface area contributed by atoms with Crippen molar-refractivity contribution in [2.45, 2.75) is 13.0 Å². The van der Waals surface area contributed by atoms with Gasteiger partial charge in [0.25, 0.3) is 0 Å². The molecular weight excluding hydrogens is 116 g/mol. The van der Waals surface area contributed by atoms with Gasteiger partial charge in [-0.2, -0.15) is 0 Å². The van der Waals surface area contributed by atoms with E-state index in [9.17, 15) is 0 Å². The van der Waals surface area contributed by atoms with E-state index in [0.29, 0.717) is 6.54 Å². The first-order valence-corrected chi connectivity index (χ1v) is 3.21. The van der Waals surface area contributed by atoms with E-state index in [0.717, 1.165) is 13.1 Å². The van der Waals surface area contributed by atoms with Crippen molar-refractivity contribution in [2.24, 2.45) is 4.99 Å². The molecular formula is C6H12N2O. The highest BCUT2D eigenvalue weighted by Gasteiger charge is 2.06. The summed E-state index contributed by atoms with van der Waals surface area (Å²) in [7, 11) is 0. The Bertz CT molecular complexity index is 112. The molecule has 1 aliphatic heterocycles. The topological polar surface area (TPSA) is 35.8 Å². The molecule has 0 bridgehead atoms. The molecule has 0 fully saturated rings. The van der Waals surface area contributed by atoms with Gasteiger partial charge in [-0.1, -0.05) is 0 Å². The van der Waals surface area contributed by atoms with Gasteiger partial charge in [-0.3, -0.25) is 4.99 Å². The van der Waals surface area contributed by atoms with Crippen LogP contribution in [0, 0.1) is 0 Å². The van der Waals surface area contributed by atoms with Gasteiger partial charge in [-0.05, 0) is 6.92 Å². The van der Waals surface area contributed by atoms with Gasteiger partial charge in [0.15, 0.2) is 0 Å². The standard InChI is InChI=1S/C6H12N2O/c1-6(9)4-8-3-2-7-5-8/h5-6,9H,2-4H2,1H3. The van der Waals surface area contributed by atoms with Gasteiger partial charge in [0.1, 0.15) is 0 Å². The number of rotatable bonds is 2. The lowest BCUT2D eigenvalue weighted by atomic mass is 10.4. The van der Waals surface area contributed by atoms with E-state index in [-0.39, 0.29) is 6.10 Å². The largest absolute Gasteiger partial charge is 0.392 e. The number of nitrogens with zero attached hydrogens (tertiary/aromatic N) is 2. The third-order valence-corrected chi connectivity index (χ3v) is 1.26. The molecule has 0 saturated carbocycles. The quantitative estimate of drug-likeness (QED) is 0.554. The van der Waals surface area contributed by atoms with Crippen molar-refractivity contribution in [3.05, 3.63) is 0 Å². The molecule has 9 heavy (non-hydrogen) atoms. The summed E-state index contributed by atoms with van der Waals surface area (Å²) in [5.74, 6) is 0. The SMILES string of the molecule is CC(O)CN1C=NCC1. The van der Waals surface area contributed by atoms with Crippen LogP contribution in [0.2, 0.25) is 0 Å². The molecule has 0 spiro atoms. The zero-order chi connectivity index (χ0) is 6.69. The summed E-state index contributed by atoms with van der Waals surface area (Å²) >= 11 is 0. The molecule has 0 amide bonds. The molecule has 3 heteroatoms. The predicted octanol–water partition coefficient (Wildman–Crippen LogP) is -0.289. The van der Waals surface area contributed by atoms with E-state index in [1.165, 1.54) is 0 Å². The fourth-order valence-corrected chi connectivity index (χ4v) is 0.895. The first kappa shape index (κ1) is 6.55. The molecule has 52 valence electrons. The minimum atomic E-state index is -0.241. The lowest BCUT2D eigenvalue weighted by Crippen LogP contribution is -2.28. The predicted molar refractivity (Wildman–Crippen MR) is 36.6 cm³/mol. The number of β-amino-alcohol motifs (C(OH)–C–C–N with tert-alkyl or cyclic N) is 1. The van der Waals surface area contributed by atoms with Crippen molar-refractivity contribution in [3.8, 4) is 0 Å². The van der Waals surface area contributed by atoms with Crippen LogP contribution in [0.15, 0.2) is 4.99 Å². The second kappa shape index (κ2) is 2.82. The smallest absolute Gasteiger partial charge is 0.0852 e. The summed E-state index contributed by atoms with van der Waals surface area (Å²) in [6.07, 6.45) is 1.56. The zero-order valence-corrected chi connectivity index (χ0v) is 5.62. The maximum Gasteiger partial charge on any atom is 0.0852 e. The molecule has 1 N–H and O–H groups in total. The maximum atomic E-state index is 8.91. The molecule has 1 atom stereocenters. The van der Waals surface area contributed by atoms with Crippen molar-refractivity contribution < 1.29 is 5.11 Å². The Labute approximate surface area is 55.0 Å². The average Bonchev–Trinajstić information content (AvgIpc) is 2.15. The molecule has 3 nitrogen and oxygen atoms in total. The van der Waals surface area contributed by atoms with E-state index < -0.39 is 0 Å². The van der Waals surface area contributed by atoms with E-state index in [2.05, 4.69) is 4.99 Å². The third kappa shape index (κ3) is 2.01. The molecule has 0 aromatic carbocycles. The highest BCUT2D eigenvalue weighted by Crippen LogP contribution is 1.94. The number of hydrogen-bond acceptors (Lipinski definition) is 3. The summed E-state index contributed by atoms with van der Waals surface area (Å²) in [5, 5.41) is 8.91. The summed E-state index contributed by atoms with van der Waals surface area (Å²) in [6.45, 7) is 4.34. The molecule has 0 aromatic rings. The van der Waals surface area contributed by atoms with Gasteiger partial charge in [0.05, 0.1) is 19.0 Å². The van der Waals surface area contributed by atoms with Gasteiger partial charge >= 0.3 is 0 Å². The second-order valence-electron chi connectivity index (χ2n) is 2.37. The Morgan fingerprint density at radius 3 is 3.11 bits per heavy atom. The van der Waals surface area contributed by atoms with Crippen LogP contribution in [-0.2, 0) is 0 Å². The maximum absolute atomic E-state index is 8.91. The first-order valence-electron chi connectivity index (χ1n) is 3.21. The lowest BCUT2D eigenvalue weighted by molar-refractivity contribution is 0.165. The number of aliphatic hydroxyl groups is 1. The van der Waals surface area contributed by atoms with E-state index in [1.54, 1.807) is 13.3 Å². The Hall–Kier alpha value is -0.570. The van der Waals surface area contributed by atoms with Crippen molar-refractivity contribution in [2.75, 3.05) is 19.6 Å². The first-order chi connectivity index (χ1) is 4.29. The lowest BCUT2D eigenvalue weighted by Gasteiger charge is -2.14. The van der Waals surface area contributed by atoms with Gasteiger partial charge in [-0.15, -0.1) is 0 Å². The van der Waals surface area contributed by atoms with Crippen LogP contribution in [0.1, 0.15) is 6.92 Å². The second-order valence-corrected chi connectivity index (χ2v) is 2.37. The van der Waals surface area contributed by atoms with Gasteiger partial charge in [0.2, 0.25) is 0 Å². The summed E-state index contributed by atoms with van der Waals surface area (Å²) < 4.78 is 0. The fraction of sp³-hybridized carbons (Fsp3) is 0.833. The molecule has 1 unspecified atom stereocenters. The van der Waals surface area contributed by atoms with Crippen LogP contribution in [-0.4, -0.2) is 42.1 Å².